The van der Waals surface area contributed by atoms with Crippen molar-refractivity contribution in [2.75, 3.05) is 20.3 Å². The third kappa shape index (κ3) is 5.98. The zero-order chi connectivity index (χ0) is 11.2. The third-order valence-corrected chi connectivity index (χ3v) is 1.73. The van der Waals surface area contributed by atoms with Crippen LogP contribution in [0, 0.1) is 11.8 Å². The van der Waals surface area contributed by atoms with Crippen LogP contribution in [0.15, 0.2) is 0 Å². The number of hydrogen-bond donors (Lipinski definition) is 1. The van der Waals surface area contributed by atoms with Crippen LogP contribution in [0.4, 0.5) is 0 Å². The minimum Gasteiger partial charge on any atom is -0.394 e. The molecular formula is C11H20O3. The van der Waals surface area contributed by atoms with E-state index in [1.165, 1.54) is 0 Å². The van der Waals surface area contributed by atoms with Crippen LogP contribution in [0.2, 0.25) is 0 Å². The predicted octanol–water partition coefficient (Wildman–Crippen LogP) is 1.20. The molecule has 14 heavy (non-hydrogen) atoms. The second kappa shape index (κ2) is 5.35. The van der Waals surface area contributed by atoms with Crippen molar-refractivity contribution in [2.45, 2.75) is 38.9 Å². The van der Waals surface area contributed by atoms with Gasteiger partial charge in [0, 0.05) is 7.11 Å². The van der Waals surface area contributed by atoms with E-state index in [1.54, 1.807) is 7.11 Å². The number of aliphatic hydroxyl groups is 1. The Bertz CT molecular complexity index is 220. The molecule has 0 spiro atoms. The molecular weight excluding hydrogens is 180 g/mol. The second-order valence-corrected chi connectivity index (χ2v) is 4.05. The first-order valence-electron chi connectivity index (χ1n) is 4.67. The highest BCUT2D eigenvalue weighted by molar-refractivity contribution is 5.18. The van der Waals surface area contributed by atoms with Gasteiger partial charge in [-0.15, -0.1) is 0 Å². The number of methoxy groups -OCH3 is 1. The monoisotopic (exact) mass is 200 g/mol. The summed E-state index contributed by atoms with van der Waals surface area (Å²) in [5.74, 6) is 5.96. The van der Waals surface area contributed by atoms with Crippen molar-refractivity contribution < 1.29 is 14.6 Å². The maximum atomic E-state index is 8.61. The maximum absolute atomic E-state index is 8.61. The van der Waals surface area contributed by atoms with Crippen LogP contribution in [0.1, 0.15) is 27.7 Å². The molecule has 0 rings (SSSR count). The van der Waals surface area contributed by atoms with E-state index in [2.05, 4.69) is 11.8 Å². The quantitative estimate of drug-likeness (QED) is 0.693. The Kier molecular flexibility index (Phi) is 5.14. The van der Waals surface area contributed by atoms with Gasteiger partial charge < -0.3 is 14.6 Å². The Hall–Kier alpha value is -0.560. The SMILES string of the molecule is COC(C)(C)C#CC(C)(C)OCCO. The van der Waals surface area contributed by atoms with Crippen molar-refractivity contribution in [3.8, 4) is 11.8 Å². The summed E-state index contributed by atoms with van der Waals surface area (Å²) in [5, 5.41) is 8.61. The van der Waals surface area contributed by atoms with Crippen molar-refractivity contribution in [1.29, 1.82) is 0 Å². The van der Waals surface area contributed by atoms with E-state index >= 15 is 0 Å². The molecule has 0 aliphatic carbocycles. The molecule has 0 atom stereocenters. The highest BCUT2D eigenvalue weighted by atomic mass is 16.5. The van der Waals surface area contributed by atoms with Gasteiger partial charge in [0.1, 0.15) is 11.2 Å². The summed E-state index contributed by atoms with van der Waals surface area (Å²) in [6.07, 6.45) is 0. The van der Waals surface area contributed by atoms with Crippen LogP contribution < -0.4 is 0 Å². The molecule has 0 aromatic carbocycles. The van der Waals surface area contributed by atoms with Crippen molar-refractivity contribution >= 4 is 0 Å². The molecule has 0 radical (unpaired) electrons. The van der Waals surface area contributed by atoms with E-state index in [0.717, 1.165) is 0 Å². The van der Waals surface area contributed by atoms with Gasteiger partial charge in [-0.1, -0.05) is 11.8 Å². The first-order valence-corrected chi connectivity index (χ1v) is 4.67. The summed E-state index contributed by atoms with van der Waals surface area (Å²) in [7, 11) is 1.62. The van der Waals surface area contributed by atoms with Crippen LogP contribution in [0.25, 0.3) is 0 Å². The number of aliphatic hydroxyl groups excluding tert-OH is 1. The van der Waals surface area contributed by atoms with Crippen LogP contribution in [0.5, 0.6) is 0 Å². The van der Waals surface area contributed by atoms with E-state index in [1.807, 2.05) is 27.7 Å². The van der Waals surface area contributed by atoms with Crippen molar-refractivity contribution in [2.24, 2.45) is 0 Å². The lowest BCUT2D eigenvalue weighted by atomic mass is 10.1. The summed E-state index contributed by atoms with van der Waals surface area (Å²) in [6, 6.07) is 0. The summed E-state index contributed by atoms with van der Waals surface area (Å²) < 4.78 is 10.5. The highest BCUT2D eigenvalue weighted by Gasteiger charge is 2.17. The van der Waals surface area contributed by atoms with Gasteiger partial charge in [-0.3, -0.25) is 0 Å². The molecule has 82 valence electrons. The second-order valence-electron chi connectivity index (χ2n) is 4.05. The lowest BCUT2D eigenvalue weighted by Crippen LogP contribution is -2.26. The molecule has 0 aromatic rings. The van der Waals surface area contributed by atoms with Gasteiger partial charge in [-0.2, -0.15) is 0 Å². The number of rotatable bonds is 4. The Morgan fingerprint density at radius 3 is 2.00 bits per heavy atom. The van der Waals surface area contributed by atoms with E-state index in [0.29, 0.717) is 6.61 Å². The van der Waals surface area contributed by atoms with Crippen LogP contribution in [0.3, 0.4) is 0 Å². The summed E-state index contributed by atoms with van der Waals surface area (Å²) >= 11 is 0. The molecule has 0 heterocycles. The van der Waals surface area contributed by atoms with Gasteiger partial charge in [0.2, 0.25) is 0 Å². The fourth-order valence-corrected chi connectivity index (χ4v) is 0.689. The van der Waals surface area contributed by atoms with Crippen molar-refractivity contribution in [1.82, 2.24) is 0 Å². The van der Waals surface area contributed by atoms with Gasteiger partial charge in [0.25, 0.3) is 0 Å². The summed E-state index contributed by atoms with van der Waals surface area (Å²) in [6.45, 7) is 7.82. The fraction of sp³-hybridized carbons (Fsp3) is 0.818. The molecule has 3 heteroatoms. The van der Waals surface area contributed by atoms with Crippen molar-refractivity contribution in [3.63, 3.8) is 0 Å². The zero-order valence-corrected chi connectivity index (χ0v) is 9.68. The van der Waals surface area contributed by atoms with Gasteiger partial charge in [0.05, 0.1) is 13.2 Å². The maximum Gasteiger partial charge on any atom is 0.123 e. The van der Waals surface area contributed by atoms with Crippen LogP contribution >= 0.6 is 0 Å². The smallest absolute Gasteiger partial charge is 0.123 e. The molecule has 0 amide bonds. The summed E-state index contributed by atoms with van der Waals surface area (Å²) in [4.78, 5) is 0. The van der Waals surface area contributed by atoms with E-state index in [-0.39, 0.29) is 6.61 Å². The molecule has 1 N–H and O–H groups in total. The first-order chi connectivity index (χ1) is 6.33. The first kappa shape index (κ1) is 13.4. The van der Waals surface area contributed by atoms with E-state index in [9.17, 15) is 0 Å². The molecule has 0 aliphatic heterocycles. The highest BCUT2D eigenvalue weighted by Crippen LogP contribution is 2.10. The average Bonchev–Trinajstić information content (AvgIpc) is 2.12. The fourth-order valence-electron chi connectivity index (χ4n) is 0.689. The minimum absolute atomic E-state index is 0.0127. The van der Waals surface area contributed by atoms with Gasteiger partial charge in [0.15, 0.2) is 0 Å². The molecule has 0 fully saturated rings. The topological polar surface area (TPSA) is 38.7 Å². The molecule has 0 saturated carbocycles. The minimum atomic E-state index is -0.543. The largest absolute Gasteiger partial charge is 0.394 e. The number of hydrogen-bond acceptors (Lipinski definition) is 3. The lowest BCUT2D eigenvalue weighted by molar-refractivity contribution is 0.00506. The lowest BCUT2D eigenvalue weighted by Gasteiger charge is -2.20. The Morgan fingerprint density at radius 1 is 1.07 bits per heavy atom. The zero-order valence-electron chi connectivity index (χ0n) is 9.68. The Morgan fingerprint density at radius 2 is 1.57 bits per heavy atom. The van der Waals surface area contributed by atoms with Gasteiger partial charge >= 0.3 is 0 Å². The van der Waals surface area contributed by atoms with Crippen molar-refractivity contribution in [3.05, 3.63) is 0 Å². The van der Waals surface area contributed by atoms with Gasteiger partial charge in [-0.05, 0) is 27.7 Å². The Balaban J connectivity index is 4.32. The molecule has 0 bridgehead atoms. The Labute approximate surface area is 86.4 Å². The molecule has 3 nitrogen and oxygen atoms in total. The molecule has 0 aromatic heterocycles. The van der Waals surface area contributed by atoms with E-state index in [4.69, 9.17) is 14.6 Å². The predicted molar refractivity (Wildman–Crippen MR) is 56.0 cm³/mol. The van der Waals surface area contributed by atoms with Crippen LogP contribution in [-0.4, -0.2) is 36.6 Å². The average molecular weight is 200 g/mol. The third-order valence-electron chi connectivity index (χ3n) is 1.73. The normalized spacial score (nSPS) is 12.1. The van der Waals surface area contributed by atoms with E-state index < -0.39 is 11.2 Å². The standard InChI is InChI=1S/C11H20O3/c1-10(2,13-5)6-7-11(3,4)14-9-8-12/h12H,8-9H2,1-5H3. The summed E-state index contributed by atoms with van der Waals surface area (Å²) in [5.41, 5.74) is -1.00. The van der Waals surface area contributed by atoms with Crippen LogP contribution in [-0.2, 0) is 9.47 Å². The van der Waals surface area contributed by atoms with Gasteiger partial charge in [-0.25, -0.2) is 0 Å². The molecule has 0 aliphatic rings. The molecule has 0 saturated heterocycles. The number of ether oxygens (including phenoxy) is 2. The molecule has 0 unspecified atom stereocenters.